The van der Waals surface area contributed by atoms with Crippen molar-refractivity contribution in [3.05, 3.63) is 29.8 Å². The van der Waals surface area contributed by atoms with Crippen LogP contribution in [-0.4, -0.2) is 410 Å². The van der Waals surface area contributed by atoms with Gasteiger partial charge in [-0.15, -0.1) is 0 Å². The molecule has 1 aromatic carbocycles. The van der Waals surface area contributed by atoms with Crippen molar-refractivity contribution in [1.29, 1.82) is 0 Å². The first-order valence-corrected chi connectivity index (χ1v) is 35.4. The molecule has 614 valence electrons. The monoisotopic (exact) mass is 1530 g/mol. The molecule has 0 N–H and O–H groups in total. The molecule has 0 aliphatic carbocycles. The maximum Gasteiger partial charge on any atom is 0.187 e. The minimum absolute atomic E-state index is 0.0202. The van der Waals surface area contributed by atoms with Crippen LogP contribution in [0.5, 0.6) is 5.75 Å². The van der Waals surface area contributed by atoms with Gasteiger partial charge in [-0.1, -0.05) is 12.1 Å². The second kappa shape index (κ2) is 43.2. The molecule has 36 heteroatoms. The Kier molecular flexibility index (Phi) is 35.7. The van der Waals surface area contributed by atoms with Crippen LogP contribution < -0.4 is 4.74 Å². The van der Waals surface area contributed by atoms with Gasteiger partial charge in [0.05, 0.1) is 60.0 Å². The third-order valence-electron chi connectivity index (χ3n) is 20.6. The third-order valence-corrected chi connectivity index (χ3v) is 20.6. The van der Waals surface area contributed by atoms with Gasteiger partial charge >= 0.3 is 0 Å². The quantitative estimate of drug-likeness (QED) is 0.0950. The minimum Gasteiger partial charge on any atom is -0.497 e. The van der Waals surface area contributed by atoms with Crippen molar-refractivity contribution in [1.82, 2.24) is 0 Å². The number of hydrogen-bond donors (Lipinski definition) is 0. The molecule has 21 saturated heterocycles. The van der Waals surface area contributed by atoms with Gasteiger partial charge in [0.25, 0.3) is 0 Å². The summed E-state index contributed by atoms with van der Waals surface area (Å²) in [6.45, 7) is -0.370. The smallest absolute Gasteiger partial charge is 0.187 e. The molecule has 21 fully saturated rings. The lowest BCUT2D eigenvalue weighted by Crippen LogP contribution is -2.69. The summed E-state index contributed by atoms with van der Waals surface area (Å²) >= 11 is 0. The molecule has 0 saturated carbocycles. The fraction of sp³-hybridized carbons (Fsp3) is 0.914. The molecular weight excluding hydrogens is 1420 g/mol. The van der Waals surface area contributed by atoms with Gasteiger partial charge < -0.3 is 171 Å². The average molecular weight is 1540 g/mol. The summed E-state index contributed by atoms with van der Waals surface area (Å²) < 4.78 is 235. The lowest BCUT2D eigenvalue weighted by Gasteiger charge is -2.52. The van der Waals surface area contributed by atoms with E-state index in [2.05, 4.69) is 0 Å². The van der Waals surface area contributed by atoms with Crippen LogP contribution in [0.3, 0.4) is 0 Å². The molecular formula is C70H118O36. The SMILES string of the molecule is COC[C@@H]1O[C@@H]2O[C@H]3[C@H](OC)[C@@H](OC)[C@@H](O[C@H]4[C@@H](OC)[C@H](OC)[C@@H](O[C@H]5[C@H](OC)[C@@H](OCc6ccc(OC)cc6)[C@@H](O[C@H]6[C@H](OC)[C@@H](OC)[C@@H](O[C@H]7[C@H](OC)[C@@H](OC)[C@@H](O[C@H]8[C@H](OC)[C@@H](OC)[C@@H](O[C@H]1[C@H](OC)[C@H]2OC)O[C@H]8COC)O[C@H]7COC)O[C@@H]6COC)O[C@@H]5COC)O[C@@H]4COC)O[C@H]3COC. The Balaban J connectivity index is 1.16. The van der Waals surface area contributed by atoms with E-state index in [1.165, 1.54) is 142 Å². The summed E-state index contributed by atoms with van der Waals surface area (Å²) in [5.41, 5.74) is 0.773. The van der Waals surface area contributed by atoms with E-state index in [4.69, 9.17) is 171 Å². The highest BCUT2D eigenvalue weighted by Gasteiger charge is 2.62. The van der Waals surface area contributed by atoms with E-state index >= 15 is 0 Å². The van der Waals surface area contributed by atoms with Crippen molar-refractivity contribution in [2.45, 2.75) is 222 Å². The highest BCUT2D eigenvalue weighted by atomic mass is 16.8. The number of methoxy groups -OCH3 is 21. The van der Waals surface area contributed by atoms with Crippen molar-refractivity contribution in [3.8, 4) is 5.75 Å². The Morgan fingerprint density at radius 1 is 0.208 bits per heavy atom. The molecule has 22 rings (SSSR count). The molecule has 35 atom stereocenters. The topological polar surface area (TPSA) is 332 Å². The van der Waals surface area contributed by atoms with Crippen molar-refractivity contribution in [2.75, 3.05) is 196 Å². The number of hydrogen-bond acceptors (Lipinski definition) is 36. The van der Waals surface area contributed by atoms with Gasteiger partial charge in [0, 0.05) is 142 Å². The maximum absolute atomic E-state index is 7.24. The van der Waals surface area contributed by atoms with E-state index < -0.39 is 215 Å². The zero-order valence-corrected chi connectivity index (χ0v) is 64.9. The Morgan fingerprint density at radius 3 is 0.538 bits per heavy atom. The molecule has 21 aliphatic heterocycles. The summed E-state index contributed by atoms with van der Waals surface area (Å²) in [7, 11) is 31.8. The molecule has 0 aromatic heterocycles. The predicted molar refractivity (Wildman–Crippen MR) is 360 cm³/mol. The lowest BCUT2D eigenvalue weighted by molar-refractivity contribution is -0.403. The average Bonchev–Trinajstić information content (AvgIpc) is 0.767. The second-order valence-corrected chi connectivity index (χ2v) is 26.4. The van der Waals surface area contributed by atoms with E-state index in [-0.39, 0.29) is 52.9 Å². The van der Waals surface area contributed by atoms with Crippen molar-refractivity contribution in [2.24, 2.45) is 0 Å². The first-order chi connectivity index (χ1) is 51.6. The molecule has 21 aliphatic rings. The number of rotatable bonds is 31. The Labute approximate surface area is 621 Å². The molecule has 0 spiro atoms. The largest absolute Gasteiger partial charge is 0.497 e. The fourth-order valence-corrected chi connectivity index (χ4v) is 15.7. The third kappa shape index (κ3) is 19.5. The fourth-order valence-electron chi connectivity index (χ4n) is 15.7. The zero-order valence-electron chi connectivity index (χ0n) is 64.9. The van der Waals surface area contributed by atoms with Gasteiger partial charge in [-0.25, -0.2) is 0 Å². The standard InChI is InChI=1S/C70H118O36/c1-71-27-36-43-50(79-9)57(86-16)65(93-36)101-45-38(29-73-3)95-67(59(88-18)52(45)81-11)103-47-40(31-75-5)97-69(61(90-20)54(47)83-13)105-49-42(33-77-7)99-70(63(56(49)85-15)92-26-34-22-24-35(78-8)25-23-34)106-48-41(32-76-6)98-68(62(91-21)55(48)84-14)104-46-39(30-74-4)96-66(60(89-19)53(46)82-12)102-44-37(28-72-2)94-64(100-43)58(87-17)51(44)80-10/h22-25,36-70H,26-33H2,1-21H3/t36-,37-,38-,39-,40+,41+,42+,43+,44+,45+,46+,47+,48+,49+,50-,51-,52-,53-,54+,55-,56-,57+,58+,59+,60+,61-,62+,63+,64+,65+,66+,67+,68+,69+,70+/m0/s1. The van der Waals surface area contributed by atoms with Gasteiger partial charge in [-0.3, -0.25) is 0 Å². The summed E-state index contributed by atoms with van der Waals surface area (Å²) in [5.74, 6) is 0.643. The predicted octanol–water partition coefficient (Wildman–Crippen LogP) is 0.0845. The highest BCUT2D eigenvalue weighted by molar-refractivity contribution is 5.26. The lowest BCUT2D eigenvalue weighted by atomic mass is 9.94. The first kappa shape index (κ1) is 87.6. The van der Waals surface area contributed by atoms with E-state index in [1.807, 2.05) is 24.3 Å². The molecule has 14 bridgehead atoms. The van der Waals surface area contributed by atoms with Gasteiger partial charge in [0.15, 0.2) is 44.0 Å². The van der Waals surface area contributed by atoms with Crippen LogP contribution in [0.15, 0.2) is 24.3 Å². The second-order valence-electron chi connectivity index (χ2n) is 26.4. The van der Waals surface area contributed by atoms with Crippen LogP contribution in [-0.2, 0) is 172 Å². The summed E-state index contributed by atoms with van der Waals surface area (Å²) in [5, 5.41) is 0. The van der Waals surface area contributed by atoms with Crippen LogP contribution in [0.25, 0.3) is 0 Å². The van der Waals surface area contributed by atoms with Crippen molar-refractivity contribution >= 4 is 0 Å². The molecule has 21 heterocycles. The van der Waals surface area contributed by atoms with Crippen LogP contribution in [0.1, 0.15) is 5.56 Å². The molecule has 0 unspecified atom stereocenters. The number of ether oxygens (including phenoxy) is 36. The Bertz CT molecular complexity index is 2590. The normalized spacial score (nSPS) is 43.4. The molecule has 0 amide bonds. The van der Waals surface area contributed by atoms with Crippen LogP contribution in [0, 0.1) is 0 Å². The molecule has 1 aromatic rings. The van der Waals surface area contributed by atoms with E-state index in [9.17, 15) is 0 Å². The van der Waals surface area contributed by atoms with E-state index in [1.54, 1.807) is 7.11 Å². The van der Waals surface area contributed by atoms with E-state index in [0.717, 1.165) is 5.56 Å². The van der Waals surface area contributed by atoms with Crippen LogP contribution >= 0.6 is 0 Å². The summed E-state index contributed by atoms with van der Waals surface area (Å²) in [6.07, 6.45) is -37.0. The zero-order chi connectivity index (χ0) is 76.3. The van der Waals surface area contributed by atoms with Gasteiger partial charge in [0.2, 0.25) is 0 Å². The summed E-state index contributed by atoms with van der Waals surface area (Å²) in [6, 6.07) is 7.40. The molecule has 36 nitrogen and oxygen atoms in total. The number of benzene rings is 1. The highest BCUT2D eigenvalue weighted by Crippen LogP contribution is 2.43. The van der Waals surface area contributed by atoms with Crippen molar-refractivity contribution in [3.63, 3.8) is 0 Å². The Hall–Kier alpha value is -2.38. The molecule has 106 heavy (non-hydrogen) atoms. The van der Waals surface area contributed by atoms with Crippen molar-refractivity contribution < 1.29 is 171 Å². The summed E-state index contributed by atoms with van der Waals surface area (Å²) in [4.78, 5) is 0. The van der Waals surface area contributed by atoms with Crippen LogP contribution in [0.2, 0.25) is 0 Å². The minimum atomic E-state index is -1.30. The Morgan fingerprint density at radius 2 is 0.377 bits per heavy atom. The van der Waals surface area contributed by atoms with Gasteiger partial charge in [-0.2, -0.15) is 0 Å². The van der Waals surface area contributed by atoms with Crippen LogP contribution in [0.4, 0.5) is 0 Å². The molecule has 0 radical (unpaired) electrons. The van der Waals surface area contributed by atoms with E-state index in [0.29, 0.717) is 5.75 Å². The first-order valence-electron chi connectivity index (χ1n) is 35.4. The van der Waals surface area contributed by atoms with Gasteiger partial charge in [0.1, 0.15) is 177 Å². The van der Waals surface area contributed by atoms with Gasteiger partial charge in [-0.05, 0) is 17.7 Å². The maximum atomic E-state index is 7.24.